The van der Waals surface area contributed by atoms with Crippen LogP contribution in [0.15, 0.2) is 29.2 Å². The average molecular weight is 250 g/mol. The molecule has 2 aromatic carbocycles. The minimum atomic E-state index is -3.66. The van der Waals surface area contributed by atoms with E-state index in [0.717, 1.165) is 27.6 Å². The zero-order valence-corrected chi connectivity index (χ0v) is 10.5. The Kier molecular flexibility index (Phi) is 2.60. The van der Waals surface area contributed by atoms with Crippen LogP contribution in [0.25, 0.3) is 10.8 Å². The van der Waals surface area contributed by atoms with Gasteiger partial charge in [0.2, 0.25) is 10.0 Å². The number of nitrogens with two attached hydrogens (primary N) is 2. The molecular formula is C12H14N2O2S. The van der Waals surface area contributed by atoms with Crippen LogP contribution >= 0.6 is 0 Å². The van der Waals surface area contributed by atoms with Crippen molar-refractivity contribution in [2.45, 2.75) is 18.7 Å². The van der Waals surface area contributed by atoms with E-state index < -0.39 is 10.0 Å². The fraction of sp³-hybridized carbons (Fsp3) is 0.167. The van der Waals surface area contributed by atoms with Crippen LogP contribution < -0.4 is 10.9 Å². The van der Waals surface area contributed by atoms with E-state index in [9.17, 15) is 8.42 Å². The molecule has 0 atom stereocenters. The number of hydrogen-bond acceptors (Lipinski definition) is 3. The number of anilines is 1. The lowest BCUT2D eigenvalue weighted by Gasteiger charge is -2.10. The molecule has 0 heterocycles. The maximum Gasteiger partial charge on any atom is 0.238 e. The number of hydrogen-bond donors (Lipinski definition) is 2. The van der Waals surface area contributed by atoms with Gasteiger partial charge < -0.3 is 5.73 Å². The van der Waals surface area contributed by atoms with E-state index in [1.54, 1.807) is 12.1 Å². The van der Waals surface area contributed by atoms with Crippen molar-refractivity contribution in [3.63, 3.8) is 0 Å². The predicted molar refractivity (Wildman–Crippen MR) is 69.2 cm³/mol. The standard InChI is InChI=1S/C12H14N2O2S/c1-7-5-9-6-10(17(14,15)16)3-4-11(9)8(2)12(7)13/h3-6H,13H2,1-2H3,(H2,14,15,16). The van der Waals surface area contributed by atoms with Gasteiger partial charge in [0.15, 0.2) is 0 Å². The van der Waals surface area contributed by atoms with Crippen LogP contribution in [0.1, 0.15) is 11.1 Å². The van der Waals surface area contributed by atoms with Gasteiger partial charge in [-0.25, -0.2) is 13.6 Å². The average Bonchev–Trinajstić information content (AvgIpc) is 2.24. The van der Waals surface area contributed by atoms with Crippen molar-refractivity contribution in [3.8, 4) is 0 Å². The largest absolute Gasteiger partial charge is 0.398 e. The number of nitrogen functional groups attached to an aromatic ring is 1. The maximum absolute atomic E-state index is 11.3. The molecule has 4 N–H and O–H groups in total. The molecule has 0 aliphatic carbocycles. The molecule has 2 rings (SSSR count). The minimum Gasteiger partial charge on any atom is -0.398 e. The first-order chi connectivity index (χ1) is 7.80. The smallest absolute Gasteiger partial charge is 0.238 e. The molecule has 0 fully saturated rings. The second kappa shape index (κ2) is 3.72. The van der Waals surface area contributed by atoms with Crippen LogP contribution in [0.2, 0.25) is 0 Å². The lowest BCUT2D eigenvalue weighted by atomic mass is 10.0. The summed E-state index contributed by atoms with van der Waals surface area (Å²) in [5.41, 5.74) is 8.56. The third-order valence-corrected chi connectivity index (χ3v) is 3.87. The third-order valence-electron chi connectivity index (χ3n) is 2.96. The molecule has 4 nitrogen and oxygen atoms in total. The van der Waals surface area contributed by atoms with Gasteiger partial charge in [0.1, 0.15) is 0 Å². The summed E-state index contributed by atoms with van der Waals surface area (Å²) in [4.78, 5) is 0.119. The van der Waals surface area contributed by atoms with Crippen molar-refractivity contribution < 1.29 is 8.42 Å². The first-order valence-electron chi connectivity index (χ1n) is 5.13. The molecular weight excluding hydrogens is 236 g/mol. The van der Waals surface area contributed by atoms with E-state index >= 15 is 0 Å². The van der Waals surface area contributed by atoms with Crippen molar-refractivity contribution in [2.75, 3.05) is 5.73 Å². The summed E-state index contributed by atoms with van der Waals surface area (Å²) in [5.74, 6) is 0. The molecule has 0 aliphatic rings. The predicted octanol–water partition coefficient (Wildman–Crippen LogP) is 1.69. The van der Waals surface area contributed by atoms with E-state index in [-0.39, 0.29) is 4.90 Å². The van der Waals surface area contributed by atoms with Gasteiger partial charge in [0.05, 0.1) is 4.90 Å². The third kappa shape index (κ3) is 1.99. The molecule has 0 amide bonds. The summed E-state index contributed by atoms with van der Waals surface area (Å²) in [6, 6.07) is 6.68. The van der Waals surface area contributed by atoms with Gasteiger partial charge in [-0.2, -0.15) is 0 Å². The minimum absolute atomic E-state index is 0.119. The molecule has 0 saturated carbocycles. The number of rotatable bonds is 1. The highest BCUT2D eigenvalue weighted by molar-refractivity contribution is 7.89. The van der Waals surface area contributed by atoms with E-state index in [1.807, 2.05) is 19.9 Å². The van der Waals surface area contributed by atoms with Crippen LogP contribution in [0.3, 0.4) is 0 Å². The number of benzene rings is 2. The molecule has 0 radical (unpaired) electrons. The highest BCUT2D eigenvalue weighted by Gasteiger charge is 2.10. The van der Waals surface area contributed by atoms with Gasteiger partial charge in [0, 0.05) is 5.69 Å². The Balaban J connectivity index is 2.85. The number of fused-ring (bicyclic) bond motifs is 1. The zero-order chi connectivity index (χ0) is 12.8. The summed E-state index contributed by atoms with van der Waals surface area (Å²) in [6.07, 6.45) is 0. The molecule has 0 aromatic heterocycles. The van der Waals surface area contributed by atoms with Crippen LogP contribution in [0, 0.1) is 13.8 Å². The van der Waals surface area contributed by atoms with Gasteiger partial charge in [-0.05, 0) is 53.9 Å². The molecule has 17 heavy (non-hydrogen) atoms. The molecule has 5 heteroatoms. The molecule has 0 unspecified atom stereocenters. The lowest BCUT2D eigenvalue weighted by Crippen LogP contribution is -2.11. The van der Waals surface area contributed by atoms with E-state index in [2.05, 4.69) is 0 Å². The van der Waals surface area contributed by atoms with Crippen molar-refractivity contribution in [1.29, 1.82) is 0 Å². The van der Waals surface area contributed by atoms with E-state index in [0.29, 0.717) is 0 Å². The quantitative estimate of drug-likeness (QED) is 0.755. The fourth-order valence-electron chi connectivity index (χ4n) is 1.93. The Morgan fingerprint density at radius 2 is 1.76 bits per heavy atom. The molecule has 0 saturated heterocycles. The first kappa shape index (κ1) is 11.9. The number of primary sulfonamides is 1. The summed E-state index contributed by atoms with van der Waals surface area (Å²) in [7, 11) is -3.66. The SMILES string of the molecule is Cc1cc2cc(S(N)(=O)=O)ccc2c(C)c1N. The molecule has 0 aliphatic heterocycles. The summed E-state index contributed by atoms with van der Waals surface area (Å²) >= 11 is 0. The highest BCUT2D eigenvalue weighted by Crippen LogP contribution is 2.28. The van der Waals surface area contributed by atoms with Gasteiger partial charge in [-0.15, -0.1) is 0 Å². The Morgan fingerprint density at radius 3 is 2.35 bits per heavy atom. The van der Waals surface area contributed by atoms with E-state index in [1.165, 1.54) is 6.07 Å². The van der Waals surface area contributed by atoms with Crippen molar-refractivity contribution >= 4 is 26.5 Å². The monoisotopic (exact) mass is 250 g/mol. The molecule has 0 spiro atoms. The zero-order valence-electron chi connectivity index (χ0n) is 9.69. The summed E-state index contributed by atoms with van der Waals surface area (Å²) in [6.45, 7) is 3.81. The highest BCUT2D eigenvalue weighted by atomic mass is 32.2. The molecule has 0 bridgehead atoms. The Hall–Kier alpha value is -1.59. The number of aryl methyl sites for hydroxylation is 2. The van der Waals surface area contributed by atoms with E-state index in [4.69, 9.17) is 10.9 Å². The van der Waals surface area contributed by atoms with Crippen LogP contribution in [0.5, 0.6) is 0 Å². The second-order valence-electron chi connectivity index (χ2n) is 4.16. The number of sulfonamides is 1. The lowest BCUT2D eigenvalue weighted by molar-refractivity contribution is 0.598. The second-order valence-corrected chi connectivity index (χ2v) is 5.72. The van der Waals surface area contributed by atoms with Crippen LogP contribution in [-0.2, 0) is 10.0 Å². The Bertz CT molecular complexity index is 706. The van der Waals surface area contributed by atoms with Gasteiger partial charge in [-0.3, -0.25) is 0 Å². The topological polar surface area (TPSA) is 86.2 Å². The molecule has 2 aromatic rings. The van der Waals surface area contributed by atoms with Gasteiger partial charge >= 0.3 is 0 Å². The summed E-state index contributed by atoms with van der Waals surface area (Å²) < 4.78 is 22.5. The van der Waals surface area contributed by atoms with Crippen molar-refractivity contribution in [2.24, 2.45) is 5.14 Å². The fourth-order valence-corrected chi connectivity index (χ4v) is 2.48. The van der Waals surface area contributed by atoms with Gasteiger partial charge in [-0.1, -0.05) is 6.07 Å². The van der Waals surface area contributed by atoms with Crippen LogP contribution in [0.4, 0.5) is 5.69 Å². The van der Waals surface area contributed by atoms with Crippen LogP contribution in [-0.4, -0.2) is 8.42 Å². The first-order valence-corrected chi connectivity index (χ1v) is 6.67. The Morgan fingerprint density at radius 1 is 1.12 bits per heavy atom. The summed E-state index contributed by atoms with van der Waals surface area (Å²) in [5, 5.41) is 6.88. The maximum atomic E-state index is 11.3. The van der Waals surface area contributed by atoms with Crippen molar-refractivity contribution in [3.05, 3.63) is 35.4 Å². The van der Waals surface area contributed by atoms with Crippen molar-refractivity contribution in [1.82, 2.24) is 0 Å². The molecule has 90 valence electrons. The van der Waals surface area contributed by atoms with Gasteiger partial charge in [0.25, 0.3) is 0 Å². The Labute approximate surface area is 100 Å². The normalized spacial score (nSPS) is 11.9.